The lowest BCUT2D eigenvalue weighted by Gasteiger charge is -2.41. The van der Waals surface area contributed by atoms with Crippen LogP contribution in [0.1, 0.15) is 49.4 Å². The summed E-state index contributed by atoms with van der Waals surface area (Å²) in [4.78, 5) is 24.9. The Morgan fingerprint density at radius 2 is 1.75 bits per heavy atom. The topological polar surface area (TPSA) is 59.3 Å². The van der Waals surface area contributed by atoms with Gasteiger partial charge >= 0.3 is 0 Å². The van der Waals surface area contributed by atoms with Crippen molar-refractivity contribution in [3.8, 4) is 0 Å². The van der Waals surface area contributed by atoms with Crippen LogP contribution in [0.3, 0.4) is 0 Å². The van der Waals surface area contributed by atoms with Gasteiger partial charge < -0.3 is 9.73 Å². The molecule has 144 valence electrons. The molecule has 4 nitrogen and oxygen atoms in total. The van der Waals surface area contributed by atoms with Gasteiger partial charge in [0.15, 0.2) is 6.29 Å². The molecule has 0 aliphatic heterocycles. The number of hydrogen-bond donors (Lipinski definition) is 1. The van der Waals surface area contributed by atoms with Gasteiger partial charge in [-0.15, -0.1) is 0 Å². The van der Waals surface area contributed by atoms with E-state index in [1.807, 2.05) is 24.3 Å². The maximum atomic E-state index is 13.2. The number of hydrogen-bond acceptors (Lipinski definition) is 3. The summed E-state index contributed by atoms with van der Waals surface area (Å²) >= 11 is 0. The molecule has 1 amide bonds. The summed E-state index contributed by atoms with van der Waals surface area (Å²) < 4.78 is 5.92. The number of furan rings is 1. The Labute approximate surface area is 164 Å². The molecule has 2 atom stereocenters. The van der Waals surface area contributed by atoms with Gasteiger partial charge in [-0.3, -0.25) is 9.59 Å². The predicted octanol–water partition coefficient (Wildman–Crippen LogP) is 5.80. The lowest BCUT2D eigenvalue weighted by Crippen LogP contribution is -2.36. The third-order valence-electron chi connectivity index (χ3n) is 6.70. The van der Waals surface area contributed by atoms with Gasteiger partial charge in [-0.25, -0.2) is 0 Å². The highest BCUT2D eigenvalue weighted by atomic mass is 16.3. The van der Waals surface area contributed by atoms with Crippen LogP contribution in [0.2, 0.25) is 0 Å². The van der Waals surface area contributed by atoms with E-state index in [2.05, 4.69) is 12.2 Å². The van der Waals surface area contributed by atoms with Crippen LogP contribution in [0.15, 0.2) is 40.8 Å². The molecule has 28 heavy (non-hydrogen) atoms. The van der Waals surface area contributed by atoms with Crippen molar-refractivity contribution < 1.29 is 14.0 Å². The first-order valence-corrected chi connectivity index (χ1v) is 10.3. The van der Waals surface area contributed by atoms with Crippen molar-refractivity contribution in [1.82, 2.24) is 0 Å². The highest BCUT2D eigenvalue weighted by molar-refractivity contribution is 6.17. The van der Waals surface area contributed by atoms with Crippen molar-refractivity contribution in [1.29, 1.82) is 0 Å². The molecule has 2 aliphatic rings. The molecule has 2 fully saturated rings. The zero-order valence-corrected chi connectivity index (χ0v) is 16.1. The standard InChI is InChI=1S/C24H25NO3/c1-14-8-15-10-16(9-14)12-18(11-15)24(27)25-23-17(13-26)6-7-21-22(23)19-4-2-3-5-20(19)28-21/h2-7,13-16,18H,8-12H2,1H3,(H,25,27). The first-order valence-electron chi connectivity index (χ1n) is 10.3. The molecule has 0 saturated heterocycles. The normalized spacial score (nSPS) is 27.0. The number of carbonyl (C=O) groups excluding carboxylic acids is 2. The molecule has 0 spiro atoms. The molecule has 2 unspecified atom stereocenters. The minimum absolute atomic E-state index is 0.0316. The van der Waals surface area contributed by atoms with Crippen LogP contribution < -0.4 is 5.32 Å². The Balaban J connectivity index is 1.50. The molecule has 1 N–H and O–H groups in total. The molecule has 0 radical (unpaired) electrons. The quantitative estimate of drug-likeness (QED) is 0.589. The number of benzene rings is 2. The van der Waals surface area contributed by atoms with Gasteiger partial charge in [0, 0.05) is 16.9 Å². The van der Waals surface area contributed by atoms with Crippen LogP contribution in [0.25, 0.3) is 21.9 Å². The highest BCUT2D eigenvalue weighted by Gasteiger charge is 2.37. The van der Waals surface area contributed by atoms with Gasteiger partial charge in [-0.2, -0.15) is 0 Å². The number of rotatable bonds is 3. The summed E-state index contributed by atoms with van der Waals surface area (Å²) in [6, 6.07) is 11.3. The Kier molecular flexibility index (Phi) is 4.22. The van der Waals surface area contributed by atoms with Crippen LogP contribution in [-0.2, 0) is 4.79 Å². The third-order valence-corrected chi connectivity index (χ3v) is 6.70. The Morgan fingerprint density at radius 1 is 1.00 bits per heavy atom. The van der Waals surface area contributed by atoms with Gasteiger partial charge in [-0.1, -0.05) is 25.1 Å². The number of para-hydroxylation sites is 1. The van der Waals surface area contributed by atoms with Crippen molar-refractivity contribution in [3.63, 3.8) is 0 Å². The molecule has 1 heterocycles. The minimum Gasteiger partial charge on any atom is -0.456 e. The first-order chi connectivity index (χ1) is 13.6. The minimum atomic E-state index is 0.0316. The largest absolute Gasteiger partial charge is 0.456 e. The lowest BCUT2D eigenvalue weighted by molar-refractivity contribution is -0.122. The Hall–Kier alpha value is -2.62. The molecule has 2 aromatic carbocycles. The van der Waals surface area contributed by atoms with E-state index in [4.69, 9.17) is 4.42 Å². The van der Waals surface area contributed by atoms with Gasteiger partial charge in [-0.05, 0) is 68.1 Å². The predicted molar refractivity (Wildman–Crippen MR) is 110 cm³/mol. The summed E-state index contributed by atoms with van der Waals surface area (Å²) in [5.74, 6) is 2.18. The fourth-order valence-electron chi connectivity index (χ4n) is 5.69. The fourth-order valence-corrected chi connectivity index (χ4v) is 5.69. The number of fused-ring (bicyclic) bond motifs is 5. The third kappa shape index (κ3) is 2.92. The monoisotopic (exact) mass is 375 g/mol. The van der Waals surface area contributed by atoms with Crippen molar-refractivity contribution in [2.24, 2.45) is 23.7 Å². The maximum absolute atomic E-state index is 13.2. The molecule has 1 aromatic heterocycles. The number of amides is 1. The molecular formula is C24H25NO3. The number of aldehydes is 1. The molecule has 3 aromatic rings. The van der Waals surface area contributed by atoms with E-state index in [-0.39, 0.29) is 11.8 Å². The smallest absolute Gasteiger partial charge is 0.227 e. The van der Waals surface area contributed by atoms with Crippen molar-refractivity contribution >= 4 is 39.8 Å². The molecule has 4 heteroatoms. The van der Waals surface area contributed by atoms with Crippen molar-refractivity contribution in [3.05, 3.63) is 42.0 Å². The zero-order valence-electron chi connectivity index (χ0n) is 16.1. The highest BCUT2D eigenvalue weighted by Crippen LogP contribution is 2.45. The second-order valence-electron chi connectivity index (χ2n) is 8.82. The average molecular weight is 375 g/mol. The number of anilines is 1. The molecule has 2 bridgehead atoms. The maximum Gasteiger partial charge on any atom is 0.227 e. The van der Waals surface area contributed by atoms with Gasteiger partial charge in [0.1, 0.15) is 11.2 Å². The summed E-state index contributed by atoms with van der Waals surface area (Å²) in [6.07, 6.45) is 6.49. The van der Waals surface area contributed by atoms with Crippen LogP contribution >= 0.6 is 0 Å². The van der Waals surface area contributed by atoms with Crippen molar-refractivity contribution in [2.75, 3.05) is 5.32 Å². The van der Waals surface area contributed by atoms with E-state index in [0.29, 0.717) is 28.7 Å². The Bertz CT molecular complexity index is 1050. The molecule has 2 aliphatic carbocycles. The Morgan fingerprint density at radius 3 is 2.50 bits per heavy atom. The lowest BCUT2D eigenvalue weighted by atomic mass is 9.65. The molecule has 5 rings (SSSR count). The van der Waals surface area contributed by atoms with Crippen LogP contribution in [0.4, 0.5) is 5.69 Å². The van der Waals surface area contributed by atoms with E-state index in [1.54, 1.807) is 12.1 Å². The molecule has 2 saturated carbocycles. The summed E-state index contributed by atoms with van der Waals surface area (Å²) in [7, 11) is 0. The molecular weight excluding hydrogens is 350 g/mol. The van der Waals surface area contributed by atoms with Gasteiger partial charge in [0.25, 0.3) is 0 Å². The van der Waals surface area contributed by atoms with E-state index in [9.17, 15) is 9.59 Å². The van der Waals surface area contributed by atoms with Crippen LogP contribution in [0.5, 0.6) is 0 Å². The second kappa shape index (κ2) is 6.77. The van der Waals surface area contributed by atoms with E-state index < -0.39 is 0 Å². The van der Waals surface area contributed by atoms with Crippen LogP contribution in [-0.4, -0.2) is 12.2 Å². The van der Waals surface area contributed by atoms with Gasteiger partial charge in [0.2, 0.25) is 5.91 Å². The average Bonchev–Trinajstić information content (AvgIpc) is 3.06. The van der Waals surface area contributed by atoms with E-state index in [0.717, 1.165) is 41.4 Å². The summed E-state index contributed by atoms with van der Waals surface area (Å²) in [5.41, 5.74) is 2.54. The van der Waals surface area contributed by atoms with Crippen molar-refractivity contribution in [2.45, 2.75) is 39.0 Å². The SMILES string of the molecule is CC1CC2CC(C1)CC(C(=O)Nc1c(C=O)ccc3oc4ccccc4c13)C2. The summed E-state index contributed by atoms with van der Waals surface area (Å²) in [5, 5.41) is 4.86. The zero-order chi connectivity index (χ0) is 19.3. The first kappa shape index (κ1) is 17.5. The number of carbonyl (C=O) groups is 2. The van der Waals surface area contributed by atoms with E-state index >= 15 is 0 Å². The second-order valence-corrected chi connectivity index (χ2v) is 8.82. The van der Waals surface area contributed by atoms with Crippen LogP contribution in [0, 0.1) is 23.7 Å². The summed E-state index contributed by atoms with van der Waals surface area (Å²) in [6.45, 7) is 2.33. The van der Waals surface area contributed by atoms with Gasteiger partial charge in [0.05, 0.1) is 11.1 Å². The number of nitrogens with one attached hydrogen (secondary N) is 1. The van der Waals surface area contributed by atoms with E-state index in [1.165, 1.54) is 19.3 Å². The fraction of sp³-hybridized carbons (Fsp3) is 0.417.